The maximum atomic E-state index is 12.6. The summed E-state index contributed by atoms with van der Waals surface area (Å²) in [7, 11) is -3.85. The predicted molar refractivity (Wildman–Crippen MR) is 111 cm³/mol. The fourth-order valence-corrected chi connectivity index (χ4v) is 3.69. The van der Waals surface area contributed by atoms with E-state index in [0.717, 1.165) is 17.7 Å². The van der Waals surface area contributed by atoms with Gasteiger partial charge in [-0.2, -0.15) is 0 Å². The molecule has 0 bridgehead atoms. The van der Waals surface area contributed by atoms with Crippen LogP contribution in [0.3, 0.4) is 0 Å². The third-order valence-electron chi connectivity index (χ3n) is 4.49. The molecule has 8 nitrogen and oxygen atoms in total. The monoisotopic (exact) mass is 419 g/mol. The molecule has 0 aliphatic carbocycles. The largest absolute Gasteiger partial charge is 0.492 e. The van der Waals surface area contributed by atoms with Crippen LogP contribution < -0.4 is 25.2 Å². The number of ether oxygens (including phenoxy) is 2. The molecule has 0 spiro atoms. The van der Waals surface area contributed by atoms with E-state index in [4.69, 9.17) is 14.6 Å². The van der Waals surface area contributed by atoms with E-state index in [2.05, 4.69) is 10.6 Å². The summed E-state index contributed by atoms with van der Waals surface area (Å²) in [6.45, 7) is 6.08. The molecule has 2 unspecified atom stereocenters. The number of sulfonamides is 1. The van der Waals surface area contributed by atoms with Gasteiger partial charge in [0.15, 0.2) is 0 Å². The first-order chi connectivity index (χ1) is 13.7. The Balaban J connectivity index is 1.75. The zero-order valence-corrected chi connectivity index (χ0v) is 17.4. The number of carbonyl (C=O) groups is 1. The molecule has 9 heteroatoms. The molecule has 29 heavy (non-hydrogen) atoms. The van der Waals surface area contributed by atoms with E-state index in [1.807, 2.05) is 26.0 Å². The van der Waals surface area contributed by atoms with Crippen LogP contribution in [0.1, 0.15) is 26.3 Å². The van der Waals surface area contributed by atoms with Gasteiger partial charge in [0.05, 0.1) is 17.2 Å². The average Bonchev–Trinajstić information content (AvgIpc) is 3.00. The lowest BCUT2D eigenvalue weighted by Crippen LogP contribution is -2.32. The summed E-state index contributed by atoms with van der Waals surface area (Å²) in [4.78, 5) is 12.5. The number of amides is 1. The van der Waals surface area contributed by atoms with Gasteiger partial charge in [-0.3, -0.25) is 4.79 Å². The van der Waals surface area contributed by atoms with Gasteiger partial charge in [-0.1, -0.05) is 6.07 Å². The maximum absolute atomic E-state index is 12.6. The Morgan fingerprint density at radius 2 is 2.10 bits per heavy atom. The number of nitrogens with one attached hydrogen (secondary N) is 2. The standard InChI is InChI=1S/C20H25N3O5S/c1-4-27-19-9-14-8-12(2)28-18(14)11-17(19)22-13(3)20(24)23-15-6-5-7-16(10-15)29(21,25)26/h5-7,9-13,22H,4,8H2,1-3H3,(H,23,24)(H2,21,25,26). The number of rotatable bonds is 7. The van der Waals surface area contributed by atoms with Crippen molar-refractivity contribution in [1.29, 1.82) is 0 Å². The predicted octanol–water partition coefficient (Wildman–Crippen LogP) is 2.50. The maximum Gasteiger partial charge on any atom is 0.246 e. The molecule has 156 valence electrons. The number of anilines is 2. The lowest BCUT2D eigenvalue weighted by Gasteiger charge is -2.19. The number of primary sulfonamides is 1. The molecule has 1 aliphatic rings. The highest BCUT2D eigenvalue weighted by molar-refractivity contribution is 7.89. The highest BCUT2D eigenvalue weighted by Crippen LogP contribution is 2.38. The van der Waals surface area contributed by atoms with Crippen molar-refractivity contribution in [3.63, 3.8) is 0 Å². The number of benzene rings is 2. The Kier molecular flexibility index (Phi) is 5.99. The van der Waals surface area contributed by atoms with E-state index in [-0.39, 0.29) is 16.9 Å². The Labute approximate surface area is 170 Å². The van der Waals surface area contributed by atoms with Crippen LogP contribution in [0.4, 0.5) is 11.4 Å². The van der Waals surface area contributed by atoms with Crippen molar-refractivity contribution in [2.45, 2.75) is 44.2 Å². The minimum Gasteiger partial charge on any atom is -0.492 e. The third-order valence-corrected chi connectivity index (χ3v) is 5.40. The van der Waals surface area contributed by atoms with Crippen molar-refractivity contribution in [2.75, 3.05) is 17.2 Å². The first-order valence-electron chi connectivity index (χ1n) is 9.34. The summed E-state index contributed by atoms with van der Waals surface area (Å²) in [6, 6.07) is 8.95. The van der Waals surface area contributed by atoms with Crippen molar-refractivity contribution in [3.05, 3.63) is 42.0 Å². The van der Waals surface area contributed by atoms with Crippen molar-refractivity contribution in [1.82, 2.24) is 0 Å². The van der Waals surface area contributed by atoms with E-state index >= 15 is 0 Å². The molecule has 0 fully saturated rings. The van der Waals surface area contributed by atoms with Crippen LogP contribution in [0.15, 0.2) is 41.3 Å². The van der Waals surface area contributed by atoms with E-state index in [0.29, 0.717) is 23.7 Å². The van der Waals surface area contributed by atoms with Crippen LogP contribution in [-0.2, 0) is 21.2 Å². The summed E-state index contributed by atoms with van der Waals surface area (Å²) in [5, 5.41) is 11.0. The molecule has 4 N–H and O–H groups in total. The van der Waals surface area contributed by atoms with Crippen molar-refractivity contribution in [3.8, 4) is 11.5 Å². The zero-order valence-electron chi connectivity index (χ0n) is 16.6. The van der Waals surface area contributed by atoms with Gasteiger partial charge in [0, 0.05) is 23.7 Å². The molecule has 3 rings (SSSR count). The molecule has 1 amide bonds. The van der Waals surface area contributed by atoms with Crippen LogP contribution in [0.2, 0.25) is 0 Å². The second-order valence-electron chi connectivity index (χ2n) is 6.95. The molecule has 2 atom stereocenters. The van der Waals surface area contributed by atoms with E-state index in [9.17, 15) is 13.2 Å². The summed E-state index contributed by atoms with van der Waals surface area (Å²) in [5.41, 5.74) is 2.07. The number of fused-ring (bicyclic) bond motifs is 1. The summed E-state index contributed by atoms with van der Waals surface area (Å²) < 4.78 is 34.5. The summed E-state index contributed by atoms with van der Waals surface area (Å²) in [5.74, 6) is 1.09. The molecule has 0 radical (unpaired) electrons. The highest BCUT2D eigenvalue weighted by Gasteiger charge is 2.23. The molecule has 0 aromatic heterocycles. The molecule has 2 aromatic rings. The Bertz CT molecular complexity index is 1020. The van der Waals surface area contributed by atoms with Crippen LogP contribution in [0, 0.1) is 0 Å². The normalized spacial score (nSPS) is 16.5. The quantitative estimate of drug-likeness (QED) is 0.634. The Morgan fingerprint density at radius 3 is 2.79 bits per heavy atom. The number of hydrogen-bond donors (Lipinski definition) is 3. The van der Waals surface area contributed by atoms with Crippen LogP contribution in [0.5, 0.6) is 11.5 Å². The van der Waals surface area contributed by atoms with Gasteiger partial charge in [-0.15, -0.1) is 0 Å². The molecule has 1 aliphatic heterocycles. The van der Waals surface area contributed by atoms with E-state index in [1.54, 1.807) is 13.0 Å². The zero-order chi connectivity index (χ0) is 21.2. The second kappa shape index (κ2) is 8.30. The number of hydrogen-bond acceptors (Lipinski definition) is 6. The minimum absolute atomic E-state index is 0.0700. The van der Waals surface area contributed by atoms with Crippen molar-refractivity contribution >= 4 is 27.3 Å². The van der Waals surface area contributed by atoms with Gasteiger partial charge < -0.3 is 20.1 Å². The van der Waals surface area contributed by atoms with Gasteiger partial charge in [-0.05, 0) is 45.0 Å². The first kappa shape index (κ1) is 20.9. The van der Waals surface area contributed by atoms with Gasteiger partial charge in [0.2, 0.25) is 15.9 Å². The third kappa shape index (κ3) is 4.99. The second-order valence-corrected chi connectivity index (χ2v) is 8.51. The lowest BCUT2D eigenvalue weighted by molar-refractivity contribution is -0.116. The van der Waals surface area contributed by atoms with Gasteiger partial charge in [0.1, 0.15) is 23.6 Å². The topological polar surface area (TPSA) is 120 Å². The minimum atomic E-state index is -3.85. The highest BCUT2D eigenvalue weighted by atomic mass is 32.2. The summed E-state index contributed by atoms with van der Waals surface area (Å²) in [6.07, 6.45) is 0.910. The van der Waals surface area contributed by atoms with E-state index < -0.39 is 16.1 Å². The smallest absolute Gasteiger partial charge is 0.246 e. The molecule has 2 aromatic carbocycles. The Morgan fingerprint density at radius 1 is 1.34 bits per heavy atom. The number of nitrogens with two attached hydrogens (primary N) is 1. The molecule has 0 saturated carbocycles. The van der Waals surface area contributed by atoms with Crippen molar-refractivity contribution in [2.24, 2.45) is 5.14 Å². The van der Waals surface area contributed by atoms with Crippen LogP contribution in [0.25, 0.3) is 0 Å². The van der Waals surface area contributed by atoms with Crippen molar-refractivity contribution < 1.29 is 22.7 Å². The first-order valence-corrected chi connectivity index (χ1v) is 10.9. The van der Waals surface area contributed by atoms with Crippen LogP contribution in [-0.4, -0.2) is 33.1 Å². The average molecular weight is 420 g/mol. The Hall–Kier alpha value is -2.78. The summed E-state index contributed by atoms with van der Waals surface area (Å²) >= 11 is 0. The lowest BCUT2D eigenvalue weighted by atomic mass is 10.1. The van der Waals surface area contributed by atoms with Gasteiger partial charge in [-0.25, -0.2) is 13.6 Å². The van der Waals surface area contributed by atoms with E-state index in [1.165, 1.54) is 18.2 Å². The molecular weight excluding hydrogens is 394 g/mol. The fourth-order valence-electron chi connectivity index (χ4n) is 3.13. The molecular formula is C20H25N3O5S. The van der Waals surface area contributed by atoms with Gasteiger partial charge in [0.25, 0.3) is 0 Å². The number of carbonyl (C=O) groups excluding carboxylic acids is 1. The fraction of sp³-hybridized carbons (Fsp3) is 0.350. The molecule has 0 saturated heterocycles. The van der Waals surface area contributed by atoms with Crippen LogP contribution >= 0.6 is 0 Å². The SMILES string of the molecule is CCOc1cc2c(cc1NC(C)C(=O)Nc1cccc(S(N)(=O)=O)c1)OC(C)C2. The molecule has 1 heterocycles. The van der Waals surface area contributed by atoms with Gasteiger partial charge >= 0.3 is 0 Å².